The Morgan fingerprint density at radius 2 is 2.00 bits per heavy atom. The number of carbonyl (C=O) groups excluding carboxylic acids is 1. The Morgan fingerprint density at radius 1 is 1.29 bits per heavy atom. The lowest BCUT2D eigenvalue weighted by Gasteiger charge is -2.39. The highest BCUT2D eigenvalue weighted by Gasteiger charge is 2.44. The molecule has 2 saturated carbocycles. The molecule has 0 radical (unpaired) electrons. The van der Waals surface area contributed by atoms with Gasteiger partial charge in [-0.25, -0.2) is 0 Å². The number of hydrogen-bond acceptors (Lipinski definition) is 3. The van der Waals surface area contributed by atoms with Gasteiger partial charge in [-0.1, -0.05) is 17.7 Å². The molecule has 0 saturated heterocycles. The van der Waals surface area contributed by atoms with Crippen molar-refractivity contribution >= 4 is 17.7 Å². The van der Waals surface area contributed by atoms with Crippen molar-refractivity contribution in [1.29, 1.82) is 0 Å². The molecule has 0 heterocycles. The average molecular weight is 304 g/mol. The SMILES string of the molecule is Cc1ccc(SC2CCCC(NC3CC3)(C(N)=O)C2)cc1. The maximum absolute atomic E-state index is 12.0. The number of benzene rings is 1. The molecule has 2 unspecified atom stereocenters. The summed E-state index contributed by atoms with van der Waals surface area (Å²) in [4.78, 5) is 13.3. The van der Waals surface area contributed by atoms with Crippen LogP contribution in [0.3, 0.4) is 0 Å². The molecule has 2 fully saturated rings. The Labute approximate surface area is 131 Å². The summed E-state index contributed by atoms with van der Waals surface area (Å²) in [5.74, 6) is -0.163. The predicted octanol–water partition coefficient (Wildman–Crippen LogP) is 3.01. The van der Waals surface area contributed by atoms with Crippen LogP contribution in [0, 0.1) is 6.92 Å². The van der Waals surface area contributed by atoms with Crippen LogP contribution in [0.2, 0.25) is 0 Å². The minimum absolute atomic E-state index is 0.163. The monoisotopic (exact) mass is 304 g/mol. The molecule has 21 heavy (non-hydrogen) atoms. The van der Waals surface area contributed by atoms with Crippen molar-refractivity contribution < 1.29 is 4.79 Å². The summed E-state index contributed by atoms with van der Waals surface area (Å²) < 4.78 is 0. The first-order chi connectivity index (χ1) is 10.1. The van der Waals surface area contributed by atoms with Gasteiger partial charge in [0.2, 0.25) is 5.91 Å². The molecule has 0 bridgehead atoms. The van der Waals surface area contributed by atoms with Gasteiger partial charge in [0.1, 0.15) is 0 Å². The van der Waals surface area contributed by atoms with E-state index < -0.39 is 5.54 Å². The van der Waals surface area contributed by atoms with E-state index in [9.17, 15) is 4.79 Å². The summed E-state index contributed by atoms with van der Waals surface area (Å²) in [6.45, 7) is 2.10. The van der Waals surface area contributed by atoms with Gasteiger partial charge in [0, 0.05) is 16.2 Å². The van der Waals surface area contributed by atoms with Gasteiger partial charge in [-0.15, -0.1) is 11.8 Å². The van der Waals surface area contributed by atoms with Crippen molar-refractivity contribution in [3.05, 3.63) is 29.8 Å². The Morgan fingerprint density at radius 3 is 2.62 bits per heavy atom. The predicted molar refractivity (Wildman–Crippen MR) is 87.4 cm³/mol. The van der Waals surface area contributed by atoms with E-state index in [1.54, 1.807) is 0 Å². The lowest BCUT2D eigenvalue weighted by molar-refractivity contribution is -0.125. The number of primary amides is 1. The van der Waals surface area contributed by atoms with Crippen molar-refractivity contribution in [3.8, 4) is 0 Å². The first-order valence-corrected chi connectivity index (χ1v) is 8.76. The topological polar surface area (TPSA) is 55.1 Å². The molecule has 1 amide bonds. The molecule has 3 rings (SSSR count). The van der Waals surface area contributed by atoms with Crippen LogP contribution in [0.5, 0.6) is 0 Å². The summed E-state index contributed by atoms with van der Waals surface area (Å²) in [5, 5.41) is 4.02. The quantitative estimate of drug-likeness (QED) is 0.879. The van der Waals surface area contributed by atoms with Crippen molar-refractivity contribution in [1.82, 2.24) is 5.32 Å². The largest absolute Gasteiger partial charge is 0.368 e. The van der Waals surface area contributed by atoms with Gasteiger partial charge in [-0.2, -0.15) is 0 Å². The Balaban J connectivity index is 1.68. The Hall–Kier alpha value is -1.00. The van der Waals surface area contributed by atoms with Gasteiger partial charge < -0.3 is 11.1 Å². The number of thioether (sulfide) groups is 1. The summed E-state index contributed by atoms with van der Waals surface area (Å²) in [6, 6.07) is 9.16. The molecule has 0 aliphatic heterocycles. The van der Waals surface area contributed by atoms with Gasteiger partial charge in [0.05, 0.1) is 5.54 Å². The standard InChI is InChI=1S/C17H24N2OS/c1-12-4-8-14(9-5-12)21-15-3-2-10-17(11-15,16(18)20)19-13-6-7-13/h4-5,8-9,13,15,19H,2-3,6-7,10-11H2,1H3,(H2,18,20). The second-order valence-corrected chi connectivity index (χ2v) is 7.89. The fourth-order valence-corrected chi connectivity index (χ4v) is 4.51. The number of nitrogens with one attached hydrogen (secondary N) is 1. The highest BCUT2D eigenvalue weighted by atomic mass is 32.2. The molecule has 1 aromatic carbocycles. The molecule has 4 heteroatoms. The number of amides is 1. The number of nitrogens with two attached hydrogens (primary N) is 1. The maximum atomic E-state index is 12.0. The van der Waals surface area contributed by atoms with E-state index in [1.807, 2.05) is 11.8 Å². The Bertz CT molecular complexity index is 512. The van der Waals surface area contributed by atoms with Crippen molar-refractivity contribution in [2.45, 2.75) is 67.2 Å². The fraction of sp³-hybridized carbons (Fsp3) is 0.588. The molecule has 0 spiro atoms. The summed E-state index contributed by atoms with van der Waals surface area (Å²) >= 11 is 1.89. The average Bonchev–Trinajstić information content (AvgIpc) is 3.25. The van der Waals surface area contributed by atoms with Crippen LogP contribution in [0.15, 0.2) is 29.2 Å². The normalized spacial score (nSPS) is 29.3. The van der Waals surface area contributed by atoms with Crippen LogP contribution < -0.4 is 11.1 Å². The third-order valence-electron chi connectivity index (χ3n) is 4.56. The number of rotatable bonds is 5. The molecule has 114 valence electrons. The number of hydrogen-bond donors (Lipinski definition) is 2. The Kier molecular flexibility index (Phi) is 4.27. The maximum Gasteiger partial charge on any atom is 0.237 e. The van der Waals surface area contributed by atoms with Gasteiger partial charge >= 0.3 is 0 Å². The summed E-state index contributed by atoms with van der Waals surface area (Å²) in [6.07, 6.45) is 6.36. The third kappa shape index (κ3) is 3.61. The van der Waals surface area contributed by atoms with Crippen LogP contribution in [0.25, 0.3) is 0 Å². The van der Waals surface area contributed by atoms with E-state index >= 15 is 0 Å². The van der Waals surface area contributed by atoms with Gasteiger partial charge in [0.15, 0.2) is 0 Å². The van der Waals surface area contributed by atoms with Gasteiger partial charge in [-0.3, -0.25) is 4.79 Å². The molecule has 3 nitrogen and oxygen atoms in total. The van der Waals surface area contributed by atoms with E-state index in [0.29, 0.717) is 11.3 Å². The molecule has 2 aliphatic rings. The first kappa shape index (κ1) is 14.9. The van der Waals surface area contributed by atoms with Crippen LogP contribution in [0.1, 0.15) is 44.1 Å². The highest BCUT2D eigenvalue weighted by Crippen LogP contribution is 2.40. The molecular formula is C17H24N2OS. The van der Waals surface area contributed by atoms with E-state index in [0.717, 1.165) is 19.3 Å². The van der Waals surface area contributed by atoms with Crippen molar-refractivity contribution in [3.63, 3.8) is 0 Å². The van der Waals surface area contributed by atoms with Gasteiger partial charge in [0.25, 0.3) is 0 Å². The fourth-order valence-electron chi connectivity index (χ4n) is 3.18. The van der Waals surface area contributed by atoms with Crippen LogP contribution in [-0.4, -0.2) is 22.7 Å². The highest BCUT2D eigenvalue weighted by molar-refractivity contribution is 8.00. The molecule has 1 aromatic rings. The summed E-state index contributed by atoms with van der Waals surface area (Å²) in [7, 11) is 0. The molecule has 3 N–H and O–H groups in total. The zero-order chi connectivity index (χ0) is 14.9. The second-order valence-electron chi connectivity index (χ2n) is 6.51. The van der Waals surface area contributed by atoms with Crippen LogP contribution in [0.4, 0.5) is 0 Å². The van der Waals surface area contributed by atoms with E-state index in [1.165, 1.54) is 29.7 Å². The van der Waals surface area contributed by atoms with E-state index in [2.05, 4.69) is 36.5 Å². The number of aryl methyl sites for hydroxylation is 1. The minimum Gasteiger partial charge on any atom is -0.368 e. The van der Waals surface area contributed by atoms with Crippen LogP contribution >= 0.6 is 11.8 Å². The van der Waals surface area contributed by atoms with Crippen molar-refractivity contribution in [2.75, 3.05) is 0 Å². The summed E-state index contributed by atoms with van der Waals surface area (Å²) in [5.41, 5.74) is 6.55. The van der Waals surface area contributed by atoms with E-state index in [-0.39, 0.29) is 5.91 Å². The lowest BCUT2D eigenvalue weighted by atomic mass is 9.80. The first-order valence-electron chi connectivity index (χ1n) is 7.88. The molecule has 2 atom stereocenters. The minimum atomic E-state index is -0.470. The van der Waals surface area contributed by atoms with Crippen LogP contribution in [-0.2, 0) is 4.79 Å². The smallest absolute Gasteiger partial charge is 0.237 e. The lowest BCUT2D eigenvalue weighted by Crippen LogP contribution is -2.59. The molecule has 0 aromatic heterocycles. The zero-order valence-electron chi connectivity index (χ0n) is 12.6. The zero-order valence-corrected chi connectivity index (χ0v) is 13.4. The van der Waals surface area contributed by atoms with E-state index in [4.69, 9.17) is 5.73 Å². The molecular weight excluding hydrogens is 280 g/mol. The molecule has 2 aliphatic carbocycles. The number of carbonyl (C=O) groups is 1. The van der Waals surface area contributed by atoms with Crippen molar-refractivity contribution in [2.24, 2.45) is 5.73 Å². The third-order valence-corrected chi connectivity index (χ3v) is 5.84. The van der Waals surface area contributed by atoms with Gasteiger partial charge in [-0.05, 0) is 57.6 Å². The second kappa shape index (κ2) is 6.01.